The fourth-order valence-electron chi connectivity index (χ4n) is 5.77. The van der Waals surface area contributed by atoms with E-state index in [-0.39, 0.29) is 22.6 Å². The van der Waals surface area contributed by atoms with Crippen molar-refractivity contribution in [3.05, 3.63) is 113 Å². The molecule has 8 nitrogen and oxygen atoms in total. The lowest BCUT2D eigenvalue weighted by molar-refractivity contribution is -0.132. The molecule has 0 radical (unpaired) electrons. The molecule has 4 aromatic carbocycles. The van der Waals surface area contributed by atoms with Crippen LogP contribution in [-0.4, -0.2) is 40.2 Å². The molecule has 10 heteroatoms. The highest BCUT2D eigenvalue weighted by molar-refractivity contribution is 8.00. The smallest absolute Gasteiger partial charge is 0.301 e. The minimum Gasteiger partial charge on any atom is -0.507 e. The highest BCUT2D eigenvalue weighted by Gasteiger charge is 2.48. The Morgan fingerprint density at radius 2 is 1.84 bits per heavy atom. The number of aliphatic hydroxyl groups is 1. The maximum absolute atomic E-state index is 13.6. The van der Waals surface area contributed by atoms with Crippen molar-refractivity contribution in [3.8, 4) is 11.5 Å². The average molecular weight is 622 g/mol. The van der Waals surface area contributed by atoms with Gasteiger partial charge in [-0.3, -0.25) is 14.5 Å². The van der Waals surface area contributed by atoms with Gasteiger partial charge in [0.15, 0.2) is 4.34 Å². The van der Waals surface area contributed by atoms with E-state index in [0.29, 0.717) is 33.4 Å². The van der Waals surface area contributed by atoms with E-state index in [4.69, 9.17) is 9.47 Å². The third kappa shape index (κ3) is 4.99. The molecule has 1 amide bonds. The third-order valence-electron chi connectivity index (χ3n) is 7.88. The summed E-state index contributed by atoms with van der Waals surface area (Å²) in [6.45, 7) is 1.98. The number of ether oxygens (including phenoxy) is 2. The third-order valence-corrected chi connectivity index (χ3v) is 9.98. The Bertz CT molecular complexity index is 1950. The van der Waals surface area contributed by atoms with Crippen LogP contribution in [0.4, 0.5) is 5.13 Å². The van der Waals surface area contributed by atoms with Crippen molar-refractivity contribution >= 4 is 56.5 Å². The van der Waals surface area contributed by atoms with Crippen molar-refractivity contribution in [3.63, 3.8) is 0 Å². The quantitative estimate of drug-likeness (QED) is 0.0686. The fraction of sp³-hybridized carbons (Fsp3) is 0.176. The van der Waals surface area contributed by atoms with Crippen molar-refractivity contribution in [2.45, 2.75) is 35.6 Å². The van der Waals surface area contributed by atoms with Crippen LogP contribution in [0.15, 0.2) is 94.8 Å². The number of methoxy groups -OCH3 is 1. The number of rotatable bonds is 7. The van der Waals surface area contributed by atoms with Gasteiger partial charge in [-0.25, -0.2) is 0 Å². The maximum Gasteiger partial charge on any atom is 0.301 e. The molecular weight excluding hydrogens is 595 g/mol. The predicted molar refractivity (Wildman–Crippen MR) is 171 cm³/mol. The summed E-state index contributed by atoms with van der Waals surface area (Å²) in [7, 11) is 1.57. The number of ketones is 1. The SMILES string of the molecule is COc1ccc(C2/C(=C(\O)c3ccc4c(c3)CC(C)O4)C(=O)C(=O)N2c2nnc(SCc3cccc4ccccc34)s2)cc1. The van der Waals surface area contributed by atoms with Crippen molar-refractivity contribution < 1.29 is 24.2 Å². The molecule has 5 aromatic rings. The summed E-state index contributed by atoms with van der Waals surface area (Å²) < 4.78 is 11.8. The van der Waals surface area contributed by atoms with E-state index >= 15 is 0 Å². The number of carbonyl (C=O) groups excluding carboxylic acids is 2. The van der Waals surface area contributed by atoms with Crippen molar-refractivity contribution in [2.75, 3.05) is 12.0 Å². The molecule has 1 aromatic heterocycles. The fourth-order valence-corrected chi connectivity index (χ4v) is 7.64. The van der Waals surface area contributed by atoms with Gasteiger partial charge < -0.3 is 14.6 Å². The summed E-state index contributed by atoms with van der Waals surface area (Å²) in [6.07, 6.45) is 0.717. The van der Waals surface area contributed by atoms with Gasteiger partial charge in [0.05, 0.1) is 18.7 Å². The Morgan fingerprint density at radius 1 is 1.05 bits per heavy atom. The standard InChI is InChI=1S/C34H27N3O5S2/c1-19-16-24-17-22(12-15-27(24)42-19)30(38)28-29(21-10-13-25(41-2)14-11-21)37(32(40)31(28)39)33-35-36-34(44-33)43-18-23-8-5-7-20-6-3-4-9-26(20)23/h3-15,17,19,29,38H,16,18H2,1-2H3/b30-28+. The van der Waals surface area contributed by atoms with Crippen LogP contribution >= 0.6 is 23.1 Å². The first kappa shape index (κ1) is 28.1. The molecule has 7 rings (SSSR count). The first-order valence-corrected chi connectivity index (χ1v) is 15.9. The summed E-state index contributed by atoms with van der Waals surface area (Å²) in [5.74, 6) is 0.243. The molecule has 0 bridgehead atoms. The number of hydrogen-bond acceptors (Lipinski definition) is 9. The lowest BCUT2D eigenvalue weighted by atomic mass is 9.94. The largest absolute Gasteiger partial charge is 0.507 e. The van der Waals surface area contributed by atoms with E-state index in [2.05, 4.69) is 34.5 Å². The molecule has 44 heavy (non-hydrogen) atoms. The van der Waals surface area contributed by atoms with Gasteiger partial charge in [0.2, 0.25) is 5.13 Å². The molecule has 2 unspecified atom stereocenters. The molecule has 0 spiro atoms. The number of hydrogen-bond donors (Lipinski definition) is 1. The number of carbonyl (C=O) groups is 2. The Kier molecular flexibility index (Phi) is 7.31. The second kappa shape index (κ2) is 11.4. The molecular formula is C34H27N3O5S2. The minimum absolute atomic E-state index is 0.00719. The predicted octanol–water partition coefficient (Wildman–Crippen LogP) is 6.94. The van der Waals surface area contributed by atoms with Gasteiger partial charge >= 0.3 is 5.91 Å². The number of thioether (sulfide) groups is 1. The summed E-state index contributed by atoms with van der Waals surface area (Å²) in [4.78, 5) is 28.6. The summed E-state index contributed by atoms with van der Waals surface area (Å²) in [5.41, 5.74) is 3.17. The van der Waals surface area contributed by atoms with Crippen LogP contribution in [0.5, 0.6) is 11.5 Å². The van der Waals surface area contributed by atoms with E-state index in [1.54, 1.807) is 43.5 Å². The van der Waals surface area contributed by atoms with Gasteiger partial charge in [0, 0.05) is 17.7 Å². The zero-order valence-corrected chi connectivity index (χ0v) is 25.5. The first-order chi connectivity index (χ1) is 21.4. The molecule has 0 aliphatic carbocycles. The molecule has 2 aliphatic rings. The lowest BCUT2D eigenvalue weighted by Gasteiger charge is -2.22. The number of nitrogens with zero attached hydrogens (tertiary/aromatic N) is 3. The average Bonchev–Trinajstić information content (AvgIpc) is 3.74. The van der Waals surface area contributed by atoms with E-state index in [9.17, 15) is 14.7 Å². The molecule has 2 aliphatic heterocycles. The Labute approximate surface area is 262 Å². The van der Waals surface area contributed by atoms with Crippen molar-refractivity contribution in [1.29, 1.82) is 0 Å². The van der Waals surface area contributed by atoms with E-state index in [0.717, 1.165) is 22.3 Å². The van der Waals surface area contributed by atoms with Gasteiger partial charge in [0.1, 0.15) is 23.4 Å². The van der Waals surface area contributed by atoms with Crippen molar-refractivity contribution in [2.24, 2.45) is 0 Å². The van der Waals surface area contributed by atoms with Gasteiger partial charge in [-0.1, -0.05) is 77.7 Å². The first-order valence-electron chi connectivity index (χ1n) is 14.1. The molecule has 220 valence electrons. The number of benzene rings is 4. The second-order valence-electron chi connectivity index (χ2n) is 10.7. The summed E-state index contributed by atoms with van der Waals surface area (Å²) in [5, 5.41) is 22.9. The van der Waals surface area contributed by atoms with E-state index in [1.165, 1.54) is 33.4 Å². The number of fused-ring (bicyclic) bond motifs is 2. The van der Waals surface area contributed by atoms with Crippen LogP contribution in [0.25, 0.3) is 16.5 Å². The van der Waals surface area contributed by atoms with Gasteiger partial charge in [-0.15, -0.1) is 10.2 Å². The summed E-state index contributed by atoms with van der Waals surface area (Å²) in [6, 6.07) is 25.9. The molecule has 2 atom stereocenters. The van der Waals surface area contributed by atoms with Gasteiger partial charge in [-0.2, -0.15) is 0 Å². The topological polar surface area (TPSA) is 102 Å². The van der Waals surface area contributed by atoms with Crippen LogP contribution in [0.1, 0.15) is 35.2 Å². The molecule has 1 N–H and O–H groups in total. The normalized spacial score (nSPS) is 18.9. The van der Waals surface area contributed by atoms with Crippen LogP contribution in [0, 0.1) is 0 Å². The Morgan fingerprint density at radius 3 is 2.66 bits per heavy atom. The second-order valence-corrected chi connectivity index (χ2v) is 12.9. The maximum atomic E-state index is 13.6. The number of amides is 1. The highest BCUT2D eigenvalue weighted by Crippen LogP contribution is 2.45. The Hall–Kier alpha value is -4.67. The van der Waals surface area contributed by atoms with Gasteiger partial charge in [0.25, 0.3) is 5.78 Å². The zero-order valence-electron chi connectivity index (χ0n) is 23.9. The summed E-state index contributed by atoms with van der Waals surface area (Å²) >= 11 is 2.76. The number of Topliss-reactive ketones (excluding diaryl/α,β-unsaturated/α-hetero) is 1. The monoisotopic (exact) mass is 621 g/mol. The van der Waals surface area contributed by atoms with E-state index in [1.807, 2.05) is 31.2 Å². The molecule has 0 saturated carbocycles. The molecule has 1 saturated heterocycles. The molecule has 1 fully saturated rings. The Balaban J connectivity index is 1.25. The minimum atomic E-state index is -0.909. The number of anilines is 1. The van der Waals surface area contributed by atoms with Crippen LogP contribution < -0.4 is 14.4 Å². The van der Waals surface area contributed by atoms with Crippen LogP contribution in [-0.2, 0) is 21.8 Å². The molecule has 3 heterocycles. The number of aromatic nitrogens is 2. The van der Waals surface area contributed by atoms with E-state index < -0.39 is 17.7 Å². The van der Waals surface area contributed by atoms with Crippen molar-refractivity contribution in [1.82, 2.24) is 10.2 Å². The number of aliphatic hydroxyl groups excluding tert-OH is 1. The van der Waals surface area contributed by atoms with Crippen LogP contribution in [0.2, 0.25) is 0 Å². The lowest BCUT2D eigenvalue weighted by Crippen LogP contribution is -2.29. The highest BCUT2D eigenvalue weighted by atomic mass is 32.2. The van der Waals surface area contributed by atoms with Crippen LogP contribution in [0.3, 0.4) is 0 Å². The zero-order chi connectivity index (χ0) is 30.4. The van der Waals surface area contributed by atoms with Gasteiger partial charge in [-0.05, 0) is 64.7 Å².